The van der Waals surface area contributed by atoms with Crippen molar-refractivity contribution in [2.75, 3.05) is 0 Å². The van der Waals surface area contributed by atoms with Gasteiger partial charge in [0.25, 0.3) is 0 Å². The van der Waals surface area contributed by atoms with Gasteiger partial charge in [-0.1, -0.05) is 45.9 Å². The second-order valence-corrected chi connectivity index (χ2v) is 9.90. The molecule has 1 aromatic carbocycles. The number of carboxylic acids is 1. The lowest BCUT2D eigenvalue weighted by atomic mass is 9.99. The molecular weight excluding hydrogens is 490 g/mol. The number of rotatable bonds is 13. The van der Waals surface area contributed by atoms with E-state index in [4.69, 9.17) is 5.73 Å². The fourth-order valence-corrected chi connectivity index (χ4v) is 3.77. The van der Waals surface area contributed by atoms with Crippen LogP contribution in [0.15, 0.2) is 48.8 Å². The Morgan fingerprint density at radius 2 is 1.42 bits per heavy atom. The number of carboxylic acid groups (broad SMARTS) is 1. The normalized spacial score (nSPS) is 14.3. The zero-order valence-electron chi connectivity index (χ0n) is 22.0. The summed E-state index contributed by atoms with van der Waals surface area (Å²) in [6.45, 7) is 6.80. The van der Waals surface area contributed by atoms with Gasteiger partial charge < -0.3 is 31.9 Å². The average Bonchev–Trinajstić information content (AvgIpc) is 2.86. The molecule has 1 heterocycles. The van der Waals surface area contributed by atoms with Crippen molar-refractivity contribution in [1.82, 2.24) is 20.9 Å². The third-order valence-corrected chi connectivity index (χ3v) is 6.00. The van der Waals surface area contributed by atoms with Gasteiger partial charge >= 0.3 is 5.97 Å². The number of phenolic OH excluding ortho intramolecular Hbond substituents is 1. The first-order valence-corrected chi connectivity index (χ1v) is 12.4. The van der Waals surface area contributed by atoms with Crippen molar-refractivity contribution in [3.8, 4) is 5.75 Å². The largest absolute Gasteiger partial charge is 0.508 e. The first-order valence-electron chi connectivity index (χ1n) is 12.4. The Balaban J connectivity index is 2.20. The average molecular weight is 528 g/mol. The maximum Gasteiger partial charge on any atom is 0.326 e. The fourth-order valence-electron chi connectivity index (χ4n) is 3.77. The van der Waals surface area contributed by atoms with E-state index < -0.39 is 53.8 Å². The molecule has 38 heavy (non-hydrogen) atoms. The van der Waals surface area contributed by atoms with Crippen LogP contribution in [0.25, 0.3) is 0 Å². The van der Waals surface area contributed by atoms with Crippen molar-refractivity contribution in [2.45, 2.75) is 64.7 Å². The number of amides is 3. The summed E-state index contributed by atoms with van der Waals surface area (Å²) in [6, 6.07) is 5.38. The third kappa shape index (κ3) is 9.15. The SMILES string of the molecule is CC(C)[C@H](NC(=O)[C@H](Cc1ccc(O)cc1)NC(=O)[C@@H](NC(=O)[C@@H](N)Cc1cccnc1)C(C)C)C(=O)O. The minimum absolute atomic E-state index is 0.0293. The molecule has 0 bridgehead atoms. The minimum Gasteiger partial charge on any atom is -0.508 e. The third-order valence-electron chi connectivity index (χ3n) is 6.00. The van der Waals surface area contributed by atoms with E-state index in [-0.39, 0.29) is 24.5 Å². The highest BCUT2D eigenvalue weighted by atomic mass is 16.4. The van der Waals surface area contributed by atoms with E-state index in [2.05, 4.69) is 20.9 Å². The number of carbonyl (C=O) groups excluding carboxylic acids is 3. The first-order chi connectivity index (χ1) is 17.9. The molecule has 3 amide bonds. The standard InChI is InChI=1S/C27H37N5O6/c1-15(2)22(31-24(34)20(28)12-18-6-5-11-29-14-18)26(36)30-21(13-17-7-9-19(33)10-8-17)25(35)32-23(16(3)4)27(37)38/h5-11,14-16,20-23,33H,12-13,28H2,1-4H3,(H,30,36)(H,31,34)(H,32,35)(H,37,38)/t20-,21-,22-,23-/m0/s1. The number of hydrogen-bond acceptors (Lipinski definition) is 7. The highest BCUT2D eigenvalue weighted by molar-refractivity contribution is 5.94. The van der Waals surface area contributed by atoms with Crippen molar-refractivity contribution in [3.63, 3.8) is 0 Å². The van der Waals surface area contributed by atoms with Gasteiger partial charge in [0.05, 0.1) is 6.04 Å². The zero-order valence-corrected chi connectivity index (χ0v) is 22.0. The number of aliphatic carboxylic acids is 1. The topological polar surface area (TPSA) is 184 Å². The number of benzene rings is 1. The Morgan fingerprint density at radius 1 is 0.816 bits per heavy atom. The summed E-state index contributed by atoms with van der Waals surface area (Å²) in [6.07, 6.45) is 3.47. The van der Waals surface area contributed by atoms with E-state index in [1.165, 1.54) is 12.1 Å². The van der Waals surface area contributed by atoms with E-state index in [0.717, 1.165) is 5.56 Å². The van der Waals surface area contributed by atoms with Gasteiger partial charge in [-0.15, -0.1) is 0 Å². The second kappa shape index (κ2) is 14.1. The maximum atomic E-state index is 13.3. The number of carbonyl (C=O) groups is 4. The Bertz CT molecular complexity index is 1090. The molecule has 4 atom stereocenters. The van der Waals surface area contributed by atoms with Crippen LogP contribution in [0.3, 0.4) is 0 Å². The van der Waals surface area contributed by atoms with Gasteiger partial charge in [0.1, 0.15) is 23.9 Å². The molecule has 7 N–H and O–H groups in total. The van der Waals surface area contributed by atoms with Gasteiger partial charge in [-0.2, -0.15) is 0 Å². The number of phenols is 1. The van der Waals surface area contributed by atoms with E-state index in [0.29, 0.717) is 5.56 Å². The summed E-state index contributed by atoms with van der Waals surface area (Å²) < 4.78 is 0. The number of nitrogens with one attached hydrogen (secondary N) is 3. The van der Waals surface area contributed by atoms with Crippen LogP contribution in [0.4, 0.5) is 0 Å². The molecule has 0 aliphatic rings. The molecule has 0 aliphatic carbocycles. The first kappa shape index (κ1) is 30.2. The molecule has 11 nitrogen and oxygen atoms in total. The van der Waals surface area contributed by atoms with Gasteiger partial charge in [0.15, 0.2) is 0 Å². The molecule has 0 saturated heterocycles. The van der Waals surface area contributed by atoms with E-state index in [9.17, 15) is 29.4 Å². The number of nitrogens with two attached hydrogens (primary N) is 1. The van der Waals surface area contributed by atoms with Crippen LogP contribution in [-0.4, -0.2) is 63.1 Å². The van der Waals surface area contributed by atoms with Gasteiger partial charge in [0.2, 0.25) is 17.7 Å². The van der Waals surface area contributed by atoms with Crippen molar-refractivity contribution < 1.29 is 29.4 Å². The van der Waals surface area contributed by atoms with Gasteiger partial charge in [-0.25, -0.2) is 4.79 Å². The van der Waals surface area contributed by atoms with E-state index in [1.807, 2.05) is 0 Å². The lowest BCUT2D eigenvalue weighted by Crippen LogP contribution is -2.59. The molecule has 2 rings (SSSR count). The zero-order chi connectivity index (χ0) is 28.4. The quantitative estimate of drug-likeness (QED) is 0.220. The molecule has 0 aliphatic heterocycles. The van der Waals surface area contributed by atoms with Crippen molar-refractivity contribution >= 4 is 23.7 Å². The molecule has 0 saturated carbocycles. The molecule has 0 radical (unpaired) electrons. The number of pyridine rings is 1. The number of aromatic hydroxyl groups is 1. The summed E-state index contributed by atoms with van der Waals surface area (Å²) in [5, 5.41) is 26.9. The fraction of sp³-hybridized carbons (Fsp3) is 0.444. The van der Waals surface area contributed by atoms with Gasteiger partial charge in [-0.3, -0.25) is 19.4 Å². The lowest BCUT2D eigenvalue weighted by Gasteiger charge is -2.27. The summed E-state index contributed by atoms with van der Waals surface area (Å²) in [7, 11) is 0. The second-order valence-electron chi connectivity index (χ2n) is 9.90. The van der Waals surface area contributed by atoms with Crippen LogP contribution in [0.1, 0.15) is 38.8 Å². The predicted octanol–water partition coefficient (Wildman–Crippen LogP) is 0.751. The van der Waals surface area contributed by atoms with Crippen LogP contribution in [0, 0.1) is 11.8 Å². The van der Waals surface area contributed by atoms with Gasteiger partial charge in [-0.05, 0) is 47.6 Å². The molecular formula is C27H37N5O6. The van der Waals surface area contributed by atoms with Crippen molar-refractivity contribution in [1.29, 1.82) is 0 Å². The summed E-state index contributed by atoms with van der Waals surface area (Å²) >= 11 is 0. The molecule has 11 heteroatoms. The Morgan fingerprint density at radius 3 is 1.95 bits per heavy atom. The highest BCUT2D eigenvalue weighted by Crippen LogP contribution is 2.13. The summed E-state index contributed by atoms with van der Waals surface area (Å²) in [4.78, 5) is 54.9. The minimum atomic E-state index is -1.20. The Labute approximate surface area is 222 Å². The van der Waals surface area contributed by atoms with Crippen molar-refractivity contribution in [3.05, 3.63) is 59.9 Å². The predicted molar refractivity (Wildman–Crippen MR) is 141 cm³/mol. The molecule has 2 aromatic rings. The van der Waals surface area contributed by atoms with Crippen LogP contribution in [0.2, 0.25) is 0 Å². The highest BCUT2D eigenvalue weighted by Gasteiger charge is 2.32. The lowest BCUT2D eigenvalue weighted by molar-refractivity contribution is -0.143. The van der Waals surface area contributed by atoms with Crippen LogP contribution in [-0.2, 0) is 32.0 Å². The summed E-state index contributed by atoms with van der Waals surface area (Å²) in [5.41, 5.74) is 7.46. The van der Waals surface area contributed by atoms with Crippen molar-refractivity contribution in [2.24, 2.45) is 17.6 Å². The molecule has 206 valence electrons. The van der Waals surface area contributed by atoms with E-state index >= 15 is 0 Å². The summed E-state index contributed by atoms with van der Waals surface area (Å²) in [5.74, 6) is -3.73. The number of aromatic nitrogens is 1. The van der Waals surface area contributed by atoms with Gasteiger partial charge in [0, 0.05) is 18.8 Å². The maximum absolute atomic E-state index is 13.3. The molecule has 0 fully saturated rings. The Kier molecular flexibility index (Phi) is 11.2. The number of nitrogens with zero attached hydrogens (tertiary/aromatic N) is 1. The number of hydrogen-bond donors (Lipinski definition) is 6. The van der Waals surface area contributed by atoms with E-state index in [1.54, 1.807) is 64.4 Å². The molecule has 0 unspecified atom stereocenters. The van der Waals surface area contributed by atoms with Crippen LogP contribution in [0.5, 0.6) is 5.75 Å². The Hall–Kier alpha value is -3.99. The van der Waals surface area contributed by atoms with Crippen LogP contribution < -0.4 is 21.7 Å². The van der Waals surface area contributed by atoms with Crippen LogP contribution >= 0.6 is 0 Å². The smallest absolute Gasteiger partial charge is 0.326 e. The molecule has 0 spiro atoms. The molecule has 1 aromatic heterocycles. The monoisotopic (exact) mass is 527 g/mol.